The number of carbonyl (C=O) groups excluding carboxylic acids is 1. The Kier molecular flexibility index (Phi) is 4.87. The predicted octanol–water partition coefficient (Wildman–Crippen LogP) is 3.01. The van der Waals surface area contributed by atoms with Crippen LogP contribution < -0.4 is 10.6 Å². The molecule has 1 rings (SSSR count). The van der Waals surface area contributed by atoms with Crippen molar-refractivity contribution < 1.29 is 10.0 Å². The van der Waals surface area contributed by atoms with Crippen molar-refractivity contribution in [3.63, 3.8) is 0 Å². The molecule has 0 aromatic heterocycles. The third-order valence-electron chi connectivity index (χ3n) is 2.78. The van der Waals surface area contributed by atoms with Crippen molar-refractivity contribution in [1.29, 1.82) is 0 Å². The lowest BCUT2D eigenvalue weighted by Gasteiger charge is -2.24. The Bertz CT molecular complexity index is 411. The van der Waals surface area contributed by atoms with Crippen molar-refractivity contribution in [3.8, 4) is 0 Å². The number of rotatable bonds is 4. The highest BCUT2D eigenvalue weighted by Gasteiger charge is 2.18. The number of nitrogens with zero attached hydrogens (tertiary/aromatic N) is 1. The van der Waals surface area contributed by atoms with E-state index in [1.807, 2.05) is 30.7 Å². The number of anilines is 1. The average molecular weight is 250 g/mol. The summed E-state index contributed by atoms with van der Waals surface area (Å²) < 4.78 is 0. The van der Waals surface area contributed by atoms with Crippen LogP contribution in [0.15, 0.2) is 24.3 Å². The van der Waals surface area contributed by atoms with Crippen LogP contribution in [-0.4, -0.2) is 11.1 Å². The summed E-state index contributed by atoms with van der Waals surface area (Å²) in [4.78, 5) is 11.8. The molecule has 0 saturated carbocycles. The Morgan fingerprint density at radius 2 is 2.06 bits per heavy atom. The topological polar surface area (TPSA) is 52.6 Å². The zero-order valence-corrected chi connectivity index (χ0v) is 11.5. The minimum absolute atomic E-state index is 0.00490. The molecule has 0 fully saturated rings. The molecule has 1 amide bonds. The second-order valence-corrected chi connectivity index (χ2v) is 5.38. The molecule has 0 saturated heterocycles. The first-order chi connectivity index (χ1) is 8.40. The Morgan fingerprint density at radius 3 is 2.56 bits per heavy atom. The van der Waals surface area contributed by atoms with Gasteiger partial charge in [-0.1, -0.05) is 39.8 Å². The zero-order valence-electron chi connectivity index (χ0n) is 11.5. The maximum absolute atomic E-state index is 11.8. The molecule has 18 heavy (non-hydrogen) atoms. The van der Waals surface area contributed by atoms with Gasteiger partial charge in [0.05, 0.1) is 5.69 Å². The van der Waals surface area contributed by atoms with E-state index in [1.165, 1.54) is 5.01 Å². The van der Waals surface area contributed by atoms with Gasteiger partial charge in [0.15, 0.2) is 0 Å². The van der Waals surface area contributed by atoms with Gasteiger partial charge in [0, 0.05) is 6.42 Å². The van der Waals surface area contributed by atoms with E-state index >= 15 is 0 Å². The number of hydrazine groups is 1. The van der Waals surface area contributed by atoms with Crippen LogP contribution in [0.4, 0.5) is 5.69 Å². The highest BCUT2D eigenvalue weighted by Crippen LogP contribution is 2.26. The average Bonchev–Trinajstić information content (AvgIpc) is 2.29. The molecule has 0 atom stereocenters. The minimum Gasteiger partial charge on any atom is -0.297 e. The van der Waals surface area contributed by atoms with Crippen LogP contribution >= 0.6 is 0 Å². The molecule has 100 valence electrons. The van der Waals surface area contributed by atoms with E-state index in [-0.39, 0.29) is 11.3 Å². The number of hydrogen-bond acceptors (Lipinski definition) is 3. The van der Waals surface area contributed by atoms with Crippen LogP contribution in [0.25, 0.3) is 0 Å². The van der Waals surface area contributed by atoms with E-state index < -0.39 is 0 Å². The van der Waals surface area contributed by atoms with E-state index in [0.29, 0.717) is 12.1 Å². The first-order valence-electron chi connectivity index (χ1n) is 6.23. The summed E-state index contributed by atoms with van der Waals surface area (Å²) in [6.07, 6.45) is 1.14. The van der Waals surface area contributed by atoms with Crippen LogP contribution in [0, 0.1) is 0 Å². The van der Waals surface area contributed by atoms with Crippen molar-refractivity contribution in [2.24, 2.45) is 0 Å². The predicted molar refractivity (Wildman–Crippen MR) is 72.5 cm³/mol. The van der Waals surface area contributed by atoms with Crippen molar-refractivity contribution in [2.45, 2.75) is 46.0 Å². The number of amides is 1. The van der Waals surface area contributed by atoms with Crippen molar-refractivity contribution >= 4 is 11.6 Å². The molecule has 0 aliphatic rings. The maximum atomic E-state index is 11.8. The molecular weight excluding hydrogens is 228 g/mol. The van der Waals surface area contributed by atoms with Gasteiger partial charge in [-0.3, -0.25) is 10.0 Å². The van der Waals surface area contributed by atoms with Gasteiger partial charge in [0.2, 0.25) is 5.91 Å². The van der Waals surface area contributed by atoms with Crippen molar-refractivity contribution in [2.75, 3.05) is 5.01 Å². The van der Waals surface area contributed by atoms with Gasteiger partial charge in [-0.25, -0.2) is 5.01 Å². The molecule has 0 aliphatic carbocycles. The van der Waals surface area contributed by atoms with E-state index in [2.05, 4.69) is 20.8 Å². The SMILES string of the molecule is CCCC(=O)N(NO)c1cccc(C(C)(C)C)c1. The minimum atomic E-state index is -0.147. The highest BCUT2D eigenvalue weighted by molar-refractivity contribution is 5.92. The van der Waals surface area contributed by atoms with Gasteiger partial charge in [0.1, 0.15) is 0 Å². The maximum Gasteiger partial charge on any atom is 0.243 e. The van der Waals surface area contributed by atoms with E-state index in [1.54, 1.807) is 6.07 Å². The zero-order chi connectivity index (χ0) is 13.8. The fourth-order valence-electron chi connectivity index (χ4n) is 1.69. The monoisotopic (exact) mass is 250 g/mol. The second-order valence-electron chi connectivity index (χ2n) is 5.38. The summed E-state index contributed by atoms with van der Waals surface area (Å²) in [5, 5.41) is 10.3. The Hall–Kier alpha value is -1.39. The lowest BCUT2D eigenvalue weighted by Crippen LogP contribution is -2.41. The number of benzene rings is 1. The smallest absolute Gasteiger partial charge is 0.243 e. The molecule has 0 bridgehead atoms. The van der Waals surface area contributed by atoms with Crippen LogP contribution in [0.5, 0.6) is 0 Å². The molecule has 4 heteroatoms. The second kappa shape index (κ2) is 5.98. The summed E-state index contributed by atoms with van der Waals surface area (Å²) in [6.45, 7) is 8.25. The first kappa shape index (κ1) is 14.7. The van der Waals surface area contributed by atoms with Crippen LogP contribution in [0.2, 0.25) is 0 Å². The lowest BCUT2D eigenvalue weighted by molar-refractivity contribution is -0.121. The summed E-state index contributed by atoms with van der Waals surface area (Å²) >= 11 is 0. The largest absolute Gasteiger partial charge is 0.297 e. The Labute approximate surface area is 109 Å². The molecule has 2 N–H and O–H groups in total. The van der Waals surface area contributed by atoms with Gasteiger partial charge >= 0.3 is 0 Å². The van der Waals surface area contributed by atoms with Crippen molar-refractivity contribution in [1.82, 2.24) is 5.59 Å². The van der Waals surface area contributed by atoms with Gasteiger partial charge in [0.25, 0.3) is 0 Å². The normalized spacial score (nSPS) is 11.4. The van der Waals surface area contributed by atoms with Gasteiger partial charge < -0.3 is 0 Å². The molecule has 1 aromatic rings. The standard InChI is InChI=1S/C14H22N2O2/c1-5-7-13(17)16(15-18)12-9-6-8-11(10-12)14(2,3)4/h6,8-10,15,18H,5,7H2,1-4H3. The number of nitrogens with one attached hydrogen (secondary N) is 1. The third kappa shape index (κ3) is 3.55. The number of hydrogen-bond donors (Lipinski definition) is 2. The molecule has 4 nitrogen and oxygen atoms in total. The van der Waals surface area contributed by atoms with Gasteiger partial charge in [-0.05, 0) is 29.5 Å². The fraction of sp³-hybridized carbons (Fsp3) is 0.500. The Balaban J connectivity index is 3.04. The van der Waals surface area contributed by atoms with Crippen LogP contribution in [-0.2, 0) is 10.2 Å². The fourth-order valence-corrected chi connectivity index (χ4v) is 1.69. The highest BCUT2D eigenvalue weighted by atomic mass is 16.5. The van der Waals surface area contributed by atoms with Crippen molar-refractivity contribution in [3.05, 3.63) is 29.8 Å². The van der Waals surface area contributed by atoms with Crippen LogP contribution in [0.3, 0.4) is 0 Å². The summed E-state index contributed by atoms with van der Waals surface area (Å²) in [5.74, 6) is -0.147. The first-order valence-corrected chi connectivity index (χ1v) is 6.23. The lowest BCUT2D eigenvalue weighted by atomic mass is 9.87. The van der Waals surface area contributed by atoms with Gasteiger partial charge in [-0.2, -0.15) is 0 Å². The van der Waals surface area contributed by atoms with E-state index in [9.17, 15) is 4.79 Å². The molecule has 0 aliphatic heterocycles. The van der Waals surface area contributed by atoms with Gasteiger partial charge in [-0.15, -0.1) is 5.59 Å². The molecule has 0 heterocycles. The number of carbonyl (C=O) groups is 1. The summed E-state index contributed by atoms with van der Waals surface area (Å²) in [6, 6.07) is 7.62. The molecular formula is C14H22N2O2. The summed E-state index contributed by atoms with van der Waals surface area (Å²) in [5.41, 5.74) is 3.74. The summed E-state index contributed by atoms with van der Waals surface area (Å²) in [7, 11) is 0. The Morgan fingerprint density at radius 1 is 1.39 bits per heavy atom. The van der Waals surface area contributed by atoms with E-state index in [0.717, 1.165) is 12.0 Å². The third-order valence-corrected chi connectivity index (χ3v) is 2.78. The molecule has 0 spiro atoms. The van der Waals surface area contributed by atoms with Crippen LogP contribution in [0.1, 0.15) is 46.1 Å². The quantitative estimate of drug-likeness (QED) is 0.808. The molecule has 1 aromatic carbocycles. The molecule has 0 unspecified atom stereocenters. The van der Waals surface area contributed by atoms with E-state index in [4.69, 9.17) is 5.21 Å². The molecule has 0 radical (unpaired) electrons.